The molecule has 0 aliphatic carbocycles. The van der Waals surface area contributed by atoms with Crippen molar-refractivity contribution in [3.05, 3.63) is 54.1 Å². The van der Waals surface area contributed by atoms with E-state index in [1.165, 1.54) is 12.8 Å². The lowest BCUT2D eigenvalue weighted by molar-refractivity contribution is 0.102. The van der Waals surface area contributed by atoms with Crippen molar-refractivity contribution >= 4 is 23.3 Å². The van der Waals surface area contributed by atoms with Crippen LogP contribution < -0.4 is 15.4 Å². The summed E-state index contributed by atoms with van der Waals surface area (Å²) in [7, 11) is 1.56. The van der Waals surface area contributed by atoms with Crippen LogP contribution in [0.1, 0.15) is 36.0 Å². The number of amides is 3. The molecule has 1 fully saturated rings. The fourth-order valence-corrected chi connectivity index (χ4v) is 3.12. The van der Waals surface area contributed by atoms with E-state index in [-0.39, 0.29) is 11.9 Å². The molecule has 0 saturated carbocycles. The van der Waals surface area contributed by atoms with Crippen LogP contribution in [0.15, 0.2) is 48.5 Å². The van der Waals surface area contributed by atoms with Gasteiger partial charge in [0.15, 0.2) is 0 Å². The highest BCUT2D eigenvalue weighted by Crippen LogP contribution is 2.24. The van der Waals surface area contributed by atoms with Crippen molar-refractivity contribution in [2.24, 2.45) is 0 Å². The van der Waals surface area contributed by atoms with E-state index in [1.807, 2.05) is 17.0 Å². The molecular formula is C21H25N3O3. The van der Waals surface area contributed by atoms with Gasteiger partial charge in [0, 0.05) is 24.3 Å². The Balaban J connectivity index is 1.61. The van der Waals surface area contributed by atoms with Crippen molar-refractivity contribution < 1.29 is 14.3 Å². The predicted octanol–water partition coefficient (Wildman–Crippen LogP) is 4.36. The van der Waals surface area contributed by atoms with Gasteiger partial charge in [-0.25, -0.2) is 4.79 Å². The molecule has 0 bridgehead atoms. The van der Waals surface area contributed by atoms with Gasteiger partial charge in [-0.05, 0) is 49.2 Å². The molecule has 6 nitrogen and oxygen atoms in total. The van der Waals surface area contributed by atoms with Crippen molar-refractivity contribution in [1.82, 2.24) is 4.90 Å². The van der Waals surface area contributed by atoms with Gasteiger partial charge in [0.05, 0.1) is 12.8 Å². The van der Waals surface area contributed by atoms with Gasteiger partial charge in [0.25, 0.3) is 5.91 Å². The van der Waals surface area contributed by atoms with E-state index in [9.17, 15) is 9.59 Å². The average Bonchev–Trinajstić information content (AvgIpc) is 2.98. The average molecular weight is 367 g/mol. The Bertz CT molecular complexity index is 782. The van der Waals surface area contributed by atoms with E-state index in [2.05, 4.69) is 10.6 Å². The largest absolute Gasteiger partial charge is 0.495 e. The zero-order valence-electron chi connectivity index (χ0n) is 15.5. The Hall–Kier alpha value is -3.02. The topological polar surface area (TPSA) is 70.7 Å². The summed E-state index contributed by atoms with van der Waals surface area (Å²) in [5.41, 5.74) is 1.80. The summed E-state index contributed by atoms with van der Waals surface area (Å²) in [5, 5.41) is 5.75. The molecule has 0 aromatic heterocycles. The van der Waals surface area contributed by atoms with Crippen molar-refractivity contribution in [2.45, 2.75) is 25.7 Å². The molecule has 0 atom stereocenters. The minimum Gasteiger partial charge on any atom is -0.495 e. The molecule has 1 heterocycles. The van der Waals surface area contributed by atoms with Gasteiger partial charge >= 0.3 is 6.03 Å². The number of anilines is 2. The first-order valence-electron chi connectivity index (χ1n) is 9.28. The first kappa shape index (κ1) is 18.8. The fraction of sp³-hybridized carbons (Fsp3) is 0.333. The Morgan fingerprint density at radius 3 is 2.22 bits per heavy atom. The quantitative estimate of drug-likeness (QED) is 0.844. The molecule has 0 radical (unpaired) electrons. The fourth-order valence-electron chi connectivity index (χ4n) is 3.12. The number of nitrogens with zero attached hydrogens (tertiary/aromatic N) is 1. The second kappa shape index (κ2) is 9.07. The van der Waals surface area contributed by atoms with E-state index < -0.39 is 0 Å². The molecule has 0 unspecified atom stereocenters. The molecule has 27 heavy (non-hydrogen) atoms. The highest BCUT2D eigenvalue weighted by Gasteiger charge is 2.16. The zero-order valence-corrected chi connectivity index (χ0v) is 15.5. The first-order valence-corrected chi connectivity index (χ1v) is 9.28. The smallest absolute Gasteiger partial charge is 0.321 e. The van der Waals surface area contributed by atoms with Gasteiger partial charge in [0.2, 0.25) is 0 Å². The number of carbonyl (C=O) groups excluding carboxylic acids is 2. The Morgan fingerprint density at radius 2 is 1.56 bits per heavy atom. The predicted molar refractivity (Wildman–Crippen MR) is 106 cm³/mol. The normalized spacial score (nSPS) is 14.2. The molecule has 1 aliphatic rings. The standard InChI is InChI=1S/C21H25N3O3/c1-27-19-9-5-4-8-18(19)23-20(25)16-10-12-17(13-11-16)22-21(26)24-14-6-2-3-7-15-24/h4-5,8-13H,2-3,6-7,14-15H2,1H3,(H,22,26)(H,23,25). The van der Waals surface area contributed by atoms with Crippen LogP contribution in [-0.2, 0) is 0 Å². The molecule has 1 saturated heterocycles. The third kappa shape index (κ3) is 5.00. The second-order valence-corrected chi connectivity index (χ2v) is 6.56. The third-order valence-corrected chi connectivity index (χ3v) is 4.65. The van der Waals surface area contributed by atoms with Crippen LogP contribution in [-0.4, -0.2) is 37.0 Å². The molecule has 2 aromatic rings. The molecule has 3 amide bonds. The molecule has 6 heteroatoms. The van der Waals surface area contributed by atoms with Gasteiger partial charge < -0.3 is 20.3 Å². The van der Waals surface area contributed by atoms with Crippen LogP contribution in [0.3, 0.4) is 0 Å². The van der Waals surface area contributed by atoms with Gasteiger partial charge in [0.1, 0.15) is 5.75 Å². The number of carbonyl (C=O) groups is 2. The van der Waals surface area contributed by atoms with Crippen LogP contribution in [0.4, 0.5) is 16.2 Å². The summed E-state index contributed by atoms with van der Waals surface area (Å²) < 4.78 is 5.24. The summed E-state index contributed by atoms with van der Waals surface area (Å²) >= 11 is 0. The SMILES string of the molecule is COc1ccccc1NC(=O)c1ccc(NC(=O)N2CCCCCC2)cc1. The molecule has 142 valence electrons. The molecular weight excluding hydrogens is 342 g/mol. The van der Waals surface area contributed by atoms with E-state index in [4.69, 9.17) is 4.74 Å². The van der Waals surface area contributed by atoms with Gasteiger partial charge in [-0.2, -0.15) is 0 Å². The maximum absolute atomic E-state index is 12.4. The van der Waals surface area contributed by atoms with E-state index in [0.29, 0.717) is 22.7 Å². The van der Waals surface area contributed by atoms with Crippen LogP contribution in [0.2, 0.25) is 0 Å². The number of para-hydroxylation sites is 2. The summed E-state index contributed by atoms with van der Waals surface area (Å²) in [6.45, 7) is 1.59. The number of likely N-dealkylation sites (tertiary alicyclic amines) is 1. The lowest BCUT2D eigenvalue weighted by Gasteiger charge is -2.20. The van der Waals surface area contributed by atoms with Crippen molar-refractivity contribution in [3.8, 4) is 5.75 Å². The van der Waals surface area contributed by atoms with Gasteiger partial charge in [-0.1, -0.05) is 25.0 Å². The second-order valence-electron chi connectivity index (χ2n) is 6.56. The van der Waals surface area contributed by atoms with Crippen LogP contribution in [0.25, 0.3) is 0 Å². The van der Waals surface area contributed by atoms with E-state index >= 15 is 0 Å². The van der Waals surface area contributed by atoms with Crippen molar-refractivity contribution in [1.29, 1.82) is 0 Å². The first-order chi connectivity index (χ1) is 13.2. The third-order valence-electron chi connectivity index (χ3n) is 4.65. The Morgan fingerprint density at radius 1 is 0.889 bits per heavy atom. The van der Waals surface area contributed by atoms with Gasteiger partial charge in [-0.3, -0.25) is 4.79 Å². The summed E-state index contributed by atoms with van der Waals surface area (Å²) in [4.78, 5) is 26.7. The number of hydrogen-bond acceptors (Lipinski definition) is 3. The molecule has 2 N–H and O–H groups in total. The number of nitrogens with one attached hydrogen (secondary N) is 2. The number of urea groups is 1. The highest BCUT2D eigenvalue weighted by molar-refractivity contribution is 6.05. The number of ether oxygens (including phenoxy) is 1. The number of rotatable bonds is 4. The van der Waals surface area contributed by atoms with Crippen molar-refractivity contribution in [3.63, 3.8) is 0 Å². The maximum Gasteiger partial charge on any atom is 0.321 e. The monoisotopic (exact) mass is 367 g/mol. The summed E-state index contributed by atoms with van der Waals surface area (Å²) in [6, 6.07) is 14.0. The zero-order chi connectivity index (χ0) is 19.1. The number of hydrogen-bond donors (Lipinski definition) is 2. The molecule has 1 aliphatic heterocycles. The van der Waals surface area contributed by atoms with Crippen LogP contribution >= 0.6 is 0 Å². The lowest BCUT2D eigenvalue weighted by Crippen LogP contribution is -2.35. The molecule has 0 spiro atoms. The van der Waals surface area contributed by atoms with Crippen LogP contribution in [0.5, 0.6) is 5.75 Å². The van der Waals surface area contributed by atoms with E-state index in [0.717, 1.165) is 25.9 Å². The number of benzene rings is 2. The highest BCUT2D eigenvalue weighted by atomic mass is 16.5. The molecule has 2 aromatic carbocycles. The molecule has 3 rings (SSSR count). The van der Waals surface area contributed by atoms with Crippen molar-refractivity contribution in [2.75, 3.05) is 30.8 Å². The van der Waals surface area contributed by atoms with E-state index in [1.54, 1.807) is 43.5 Å². The lowest BCUT2D eigenvalue weighted by atomic mass is 10.2. The minimum absolute atomic E-state index is 0.0804. The number of methoxy groups -OCH3 is 1. The maximum atomic E-state index is 12.4. The van der Waals surface area contributed by atoms with Gasteiger partial charge in [-0.15, -0.1) is 0 Å². The Kier molecular flexibility index (Phi) is 6.30. The van der Waals surface area contributed by atoms with Crippen LogP contribution in [0, 0.1) is 0 Å². The summed E-state index contributed by atoms with van der Waals surface area (Å²) in [6.07, 6.45) is 4.46. The minimum atomic E-state index is -0.232. The summed E-state index contributed by atoms with van der Waals surface area (Å²) in [5.74, 6) is 0.372. The Labute approximate surface area is 159 Å².